The number of hydrogen-bond acceptors (Lipinski definition) is 5. The van der Waals surface area contributed by atoms with Gasteiger partial charge in [0.25, 0.3) is 5.91 Å². The van der Waals surface area contributed by atoms with Crippen LogP contribution in [0.1, 0.15) is 10.5 Å². The van der Waals surface area contributed by atoms with E-state index >= 15 is 0 Å². The van der Waals surface area contributed by atoms with E-state index in [2.05, 4.69) is 20.2 Å². The molecule has 1 aliphatic heterocycles. The van der Waals surface area contributed by atoms with Crippen LogP contribution in [0.4, 0.5) is 17.3 Å². The summed E-state index contributed by atoms with van der Waals surface area (Å²) in [6.45, 7) is 2.78. The maximum Gasteiger partial charge on any atom is 0.272 e. The molecule has 1 aliphatic rings. The summed E-state index contributed by atoms with van der Waals surface area (Å²) in [6, 6.07) is 19.1. The van der Waals surface area contributed by atoms with Gasteiger partial charge in [0, 0.05) is 48.8 Å². The topological polar surface area (TPSA) is 61.4 Å². The van der Waals surface area contributed by atoms with E-state index in [1.807, 2.05) is 59.5 Å². The molecular weight excluding hydrogens is 374 g/mol. The maximum atomic E-state index is 12.9. The molecule has 142 valence electrons. The number of anilines is 3. The highest BCUT2D eigenvalue weighted by molar-refractivity contribution is 6.30. The van der Waals surface area contributed by atoms with Gasteiger partial charge in [0.1, 0.15) is 5.69 Å². The second kappa shape index (κ2) is 8.27. The Labute approximate surface area is 168 Å². The fourth-order valence-electron chi connectivity index (χ4n) is 3.19. The number of carbonyl (C=O) groups is 1. The Kier molecular flexibility index (Phi) is 5.39. The second-order valence-corrected chi connectivity index (χ2v) is 6.95. The smallest absolute Gasteiger partial charge is 0.272 e. The Balaban J connectivity index is 1.41. The molecular formula is C21H20ClN5O. The number of para-hydroxylation sites is 1. The van der Waals surface area contributed by atoms with E-state index in [9.17, 15) is 4.79 Å². The van der Waals surface area contributed by atoms with Crippen LogP contribution in [-0.4, -0.2) is 47.0 Å². The zero-order valence-corrected chi connectivity index (χ0v) is 16.0. The lowest BCUT2D eigenvalue weighted by molar-refractivity contribution is 0.0741. The van der Waals surface area contributed by atoms with Crippen molar-refractivity contribution in [1.29, 1.82) is 0 Å². The van der Waals surface area contributed by atoms with Gasteiger partial charge in [-0.15, -0.1) is 0 Å². The van der Waals surface area contributed by atoms with Crippen molar-refractivity contribution >= 4 is 34.8 Å². The number of carbonyl (C=O) groups excluding carboxylic acids is 1. The standard InChI is InChI=1S/C21H20ClN5O/c22-16-5-4-8-18(15-16)26-11-13-27(14-12-26)20(28)19-9-10-23-21(25-19)24-17-6-2-1-3-7-17/h1-10,15H,11-14H2,(H,23,24,25). The number of hydrogen-bond donors (Lipinski definition) is 1. The lowest BCUT2D eigenvalue weighted by Crippen LogP contribution is -2.49. The second-order valence-electron chi connectivity index (χ2n) is 6.52. The lowest BCUT2D eigenvalue weighted by Gasteiger charge is -2.36. The quantitative estimate of drug-likeness (QED) is 0.729. The monoisotopic (exact) mass is 393 g/mol. The van der Waals surface area contributed by atoms with Gasteiger partial charge in [-0.2, -0.15) is 0 Å². The molecule has 0 radical (unpaired) electrons. The van der Waals surface area contributed by atoms with E-state index in [4.69, 9.17) is 11.6 Å². The number of aromatic nitrogens is 2. The molecule has 0 bridgehead atoms. The summed E-state index contributed by atoms with van der Waals surface area (Å²) in [5, 5.41) is 3.84. The van der Waals surface area contributed by atoms with Crippen LogP contribution in [0.15, 0.2) is 66.9 Å². The fourth-order valence-corrected chi connectivity index (χ4v) is 3.38. The fraction of sp³-hybridized carbons (Fsp3) is 0.190. The number of piperazine rings is 1. The minimum atomic E-state index is -0.0794. The predicted molar refractivity (Wildman–Crippen MR) is 111 cm³/mol. The summed E-state index contributed by atoms with van der Waals surface area (Å²) in [7, 11) is 0. The van der Waals surface area contributed by atoms with Gasteiger partial charge in [-0.3, -0.25) is 4.79 Å². The average molecular weight is 394 g/mol. The molecule has 1 amide bonds. The van der Waals surface area contributed by atoms with E-state index in [1.165, 1.54) is 0 Å². The van der Waals surface area contributed by atoms with Crippen molar-refractivity contribution in [2.75, 3.05) is 36.4 Å². The first-order valence-corrected chi connectivity index (χ1v) is 9.52. The van der Waals surface area contributed by atoms with E-state index in [0.29, 0.717) is 24.7 Å². The zero-order chi connectivity index (χ0) is 19.3. The Hall–Kier alpha value is -3.12. The van der Waals surface area contributed by atoms with Crippen molar-refractivity contribution in [1.82, 2.24) is 14.9 Å². The number of amides is 1. The highest BCUT2D eigenvalue weighted by Gasteiger charge is 2.23. The molecule has 1 N–H and O–H groups in total. The van der Waals surface area contributed by atoms with Crippen LogP contribution in [-0.2, 0) is 0 Å². The van der Waals surface area contributed by atoms with Gasteiger partial charge in [-0.1, -0.05) is 35.9 Å². The van der Waals surface area contributed by atoms with Gasteiger partial charge in [0.15, 0.2) is 0 Å². The van der Waals surface area contributed by atoms with E-state index in [-0.39, 0.29) is 5.91 Å². The molecule has 0 unspecified atom stereocenters. The molecule has 1 saturated heterocycles. The van der Waals surface area contributed by atoms with E-state index in [1.54, 1.807) is 12.3 Å². The molecule has 0 atom stereocenters. The maximum absolute atomic E-state index is 12.9. The molecule has 2 heterocycles. The van der Waals surface area contributed by atoms with Crippen molar-refractivity contribution in [3.8, 4) is 0 Å². The molecule has 7 heteroatoms. The summed E-state index contributed by atoms with van der Waals surface area (Å²) < 4.78 is 0. The average Bonchev–Trinajstić information content (AvgIpc) is 2.74. The molecule has 4 rings (SSSR count). The van der Waals surface area contributed by atoms with Crippen LogP contribution in [0, 0.1) is 0 Å². The molecule has 3 aromatic rings. The Morgan fingerprint density at radius 1 is 0.964 bits per heavy atom. The Morgan fingerprint density at radius 3 is 2.50 bits per heavy atom. The molecule has 0 aliphatic carbocycles. The highest BCUT2D eigenvalue weighted by Crippen LogP contribution is 2.21. The molecule has 0 spiro atoms. The molecule has 6 nitrogen and oxygen atoms in total. The first kappa shape index (κ1) is 18.3. The van der Waals surface area contributed by atoms with E-state index < -0.39 is 0 Å². The highest BCUT2D eigenvalue weighted by atomic mass is 35.5. The number of nitrogens with zero attached hydrogens (tertiary/aromatic N) is 4. The van der Waals surface area contributed by atoms with Gasteiger partial charge in [0.2, 0.25) is 5.95 Å². The summed E-state index contributed by atoms with van der Waals surface area (Å²) in [4.78, 5) is 25.5. The first-order chi connectivity index (χ1) is 13.7. The largest absolute Gasteiger partial charge is 0.368 e. The normalized spacial score (nSPS) is 14.0. The van der Waals surface area contributed by atoms with Gasteiger partial charge in [-0.25, -0.2) is 9.97 Å². The van der Waals surface area contributed by atoms with E-state index in [0.717, 1.165) is 29.5 Å². The van der Waals surface area contributed by atoms with Crippen molar-refractivity contribution < 1.29 is 4.79 Å². The van der Waals surface area contributed by atoms with Gasteiger partial charge in [0.05, 0.1) is 0 Å². The van der Waals surface area contributed by atoms with Crippen LogP contribution in [0.3, 0.4) is 0 Å². The molecule has 2 aromatic carbocycles. The van der Waals surface area contributed by atoms with Crippen molar-refractivity contribution in [3.63, 3.8) is 0 Å². The van der Waals surface area contributed by atoms with Gasteiger partial charge < -0.3 is 15.1 Å². The van der Waals surface area contributed by atoms with Crippen LogP contribution in [0.25, 0.3) is 0 Å². The summed E-state index contributed by atoms with van der Waals surface area (Å²) >= 11 is 6.08. The first-order valence-electron chi connectivity index (χ1n) is 9.14. The summed E-state index contributed by atoms with van der Waals surface area (Å²) in [5.41, 5.74) is 2.35. The summed E-state index contributed by atoms with van der Waals surface area (Å²) in [6.07, 6.45) is 1.60. The van der Waals surface area contributed by atoms with Crippen LogP contribution in [0.5, 0.6) is 0 Å². The third kappa shape index (κ3) is 4.23. The van der Waals surface area contributed by atoms with Crippen LogP contribution >= 0.6 is 11.6 Å². The SMILES string of the molecule is O=C(c1ccnc(Nc2ccccc2)n1)N1CCN(c2cccc(Cl)c2)CC1. The number of benzene rings is 2. The minimum absolute atomic E-state index is 0.0794. The van der Waals surface area contributed by atoms with Crippen LogP contribution < -0.4 is 10.2 Å². The van der Waals surface area contributed by atoms with Crippen molar-refractivity contribution in [2.45, 2.75) is 0 Å². The third-order valence-corrected chi connectivity index (χ3v) is 4.88. The molecule has 1 aromatic heterocycles. The minimum Gasteiger partial charge on any atom is -0.368 e. The van der Waals surface area contributed by atoms with Gasteiger partial charge >= 0.3 is 0 Å². The Morgan fingerprint density at radius 2 is 1.75 bits per heavy atom. The molecule has 28 heavy (non-hydrogen) atoms. The summed E-state index contributed by atoms with van der Waals surface area (Å²) in [5.74, 6) is 0.332. The predicted octanol–water partition coefficient (Wildman–Crippen LogP) is 3.84. The van der Waals surface area contributed by atoms with Gasteiger partial charge in [-0.05, 0) is 36.4 Å². The number of halogens is 1. The number of rotatable bonds is 4. The third-order valence-electron chi connectivity index (χ3n) is 4.64. The van der Waals surface area contributed by atoms with Crippen LogP contribution in [0.2, 0.25) is 5.02 Å². The number of nitrogens with one attached hydrogen (secondary N) is 1. The Bertz CT molecular complexity index is 958. The lowest BCUT2D eigenvalue weighted by atomic mass is 10.2. The molecule has 1 fully saturated rings. The van der Waals surface area contributed by atoms with Crippen molar-refractivity contribution in [3.05, 3.63) is 77.6 Å². The molecule has 0 saturated carbocycles. The zero-order valence-electron chi connectivity index (χ0n) is 15.3. The van der Waals surface area contributed by atoms with Crippen molar-refractivity contribution in [2.24, 2.45) is 0 Å².